The van der Waals surface area contributed by atoms with Gasteiger partial charge >= 0.3 is 5.97 Å². The summed E-state index contributed by atoms with van der Waals surface area (Å²) in [6.45, 7) is 7.28. The molecule has 0 aromatic carbocycles. The third kappa shape index (κ3) is 4.33. The number of carbonyl (C=O) groups is 1. The smallest absolute Gasteiger partial charge is 0.356 e. The Morgan fingerprint density at radius 1 is 1.50 bits per heavy atom. The van der Waals surface area contributed by atoms with Gasteiger partial charge in [-0.3, -0.25) is 0 Å². The van der Waals surface area contributed by atoms with Crippen LogP contribution in [0.3, 0.4) is 0 Å². The van der Waals surface area contributed by atoms with Gasteiger partial charge in [-0.05, 0) is 32.9 Å². The molecule has 1 aromatic rings. The molecule has 1 rings (SSSR count). The van der Waals surface area contributed by atoms with Gasteiger partial charge in [0.05, 0.1) is 12.7 Å². The van der Waals surface area contributed by atoms with Gasteiger partial charge in [0, 0.05) is 25.0 Å². The molecule has 0 unspecified atom stereocenters. The van der Waals surface area contributed by atoms with Crippen molar-refractivity contribution in [3.8, 4) is 0 Å². The van der Waals surface area contributed by atoms with Crippen molar-refractivity contribution in [3.63, 3.8) is 0 Å². The van der Waals surface area contributed by atoms with E-state index in [2.05, 4.69) is 15.0 Å². The highest BCUT2D eigenvalue weighted by molar-refractivity contribution is 5.88. The van der Waals surface area contributed by atoms with Crippen LogP contribution in [0.1, 0.15) is 31.3 Å². The zero-order valence-electron chi connectivity index (χ0n) is 11.3. The summed E-state index contributed by atoms with van der Waals surface area (Å²) in [6, 6.07) is 3.46. The third-order valence-electron chi connectivity index (χ3n) is 2.41. The monoisotopic (exact) mass is 252 g/mol. The molecule has 5 heteroatoms. The molecule has 0 aliphatic rings. The van der Waals surface area contributed by atoms with Crippen molar-refractivity contribution in [2.24, 2.45) is 0 Å². The Balaban J connectivity index is 2.65. The Hall–Kier alpha value is -1.62. The standard InChI is InChI=1S/C13H20N2O3/c1-5-18-13(2,3)9-15-10-6-7-14-11(8-10)12(16)17-4/h6-8H,5,9H2,1-4H3,(H,14,15). The Bertz CT molecular complexity index is 405. The van der Waals surface area contributed by atoms with Crippen molar-refractivity contribution < 1.29 is 14.3 Å². The molecule has 5 nitrogen and oxygen atoms in total. The van der Waals surface area contributed by atoms with Gasteiger partial charge in [-0.1, -0.05) is 0 Å². The van der Waals surface area contributed by atoms with Crippen molar-refractivity contribution in [2.45, 2.75) is 26.4 Å². The summed E-state index contributed by atoms with van der Waals surface area (Å²) in [5, 5.41) is 3.22. The summed E-state index contributed by atoms with van der Waals surface area (Å²) >= 11 is 0. The second kappa shape index (κ2) is 6.35. The lowest BCUT2D eigenvalue weighted by Gasteiger charge is -2.25. The minimum absolute atomic E-state index is 0.260. The van der Waals surface area contributed by atoms with Gasteiger partial charge in [0.1, 0.15) is 5.69 Å². The van der Waals surface area contributed by atoms with Crippen LogP contribution in [0.25, 0.3) is 0 Å². The Morgan fingerprint density at radius 3 is 2.83 bits per heavy atom. The number of aromatic nitrogens is 1. The second-order valence-corrected chi connectivity index (χ2v) is 4.47. The molecule has 100 valence electrons. The second-order valence-electron chi connectivity index (χ2n) is 4.47. The first-order valence-electron chi connectivity index (χ1n) is 5.90. The molecular weight excluding hydrogens is 232 g/mol. The zero-order chi connectivity index (χ0) is 13.6. The van der Waals surface area contributed by atoms with Crippen LogP contribution in [0.2, 0.25) is 0 Å². The van der Waals surface area contributed by atoms with Crippen LogP contribution in [0, 0.1) is 0 Å². The van der Waals surface area contributed by atoms with Gasteiger partial charge < -0.3 is 14.8 Å². The van der Waals surface area contributed by atoms with Crippen molar-refractivity contribution in [1.29, 1.82) is 0 Å². The maximum absolute atomic E-state index is 11.3. The first-order chi connectivity index (χ1) is 8.48. The molecule has 0 saturated heterocycles. The summed E-state index contributed by atoms with van der Waals surface area (Å²) in [6.07, 6.45) is 1.57. The van der Waals surface area contributed by atoms with Crippen molar-refractivity contribution in [1.82, 2.24) is 4.98 Å². The number of carbonyl (C=O) groups excluding carboxylic acids is 1. The topological polar surface area (TPSA) is 60.5 Å². The number of nitrogens with zero attached hydrogens (tertiary/aromatic N) is 1. The predicted octanol–water partition coefficient (Wildman–Crippen LogP) is 2.10. The van der Waals surface area contributed by atoms with E-state index in [1.54, 1.807) is 18.3 Å². The van der Waals surface area contributed by atoms with Gasteiger partial charge in [0.15, 0.2) is 0 Å². The number of pyridine rings is 1. The molecule has 0 bridgehead atoms. The van der Waals surface area contributed by atoms with Gasteiger partial charge in [-0.25, -0.2) is 9.78 Å². The van der Waals surface area contributed by atoms with Crippen LogP contribution >= 0.6 is 0 Å². The molecular formula is C13H20N2O3. The van der Waals surface area contributed by atoms with E-state index in [4.69, 9.17) is 4.74 Å². The largest absolute Gasteiger partial charge is 0.464 e. The number of ether oxygens (including phenoxy) is 2. The molecule has 0 fully saturated rings. The summed E-state index contributed by atoms with van der Waals surface area (Å²) in [7, 11) is 1.34. The van der Waals surface area contributed by atoms with Crippen LogP contribution in [0.15, 0.2) is 18.3 Å². The van der Waals surface area contributed by atoms with E-state index in [-0.39, 0.29) is 11.3 Å². The minimum Gasteiger partial charge on any atom is -0.464 e. The Labute approximate surface area is 108 Å². The fourth-order valence-electron chi connectivity index (χ4n) is 1.51. The Morgan fingerprint density at radius 2 is 2.22 bits per heavy atom. The molecule has 1 aromatic heterocycles. The lowest BCUT2D eigenvalue weighted by molar-refractivity contribution is 0.000696. The zero-order valence-corrected chi connectivity index (χ0v) is 11.3. The fraction of sp³-hybridized carbons (Fsp3) is 0.538. The number of nitrogens with one attached hydrogen (secondary N) is 1. The number of anilines is 1. The van der Waals surface area contributed by atoms with Gasteiger partial charge in [0.2, 0.25) is 0 Å². The highest BCUT2D eigenvalue weighted by Crippen LogP contribution is 2.13. The summed E-state index contributed by atoms with van der Waals surface area (Å²) in [4.78, 5) is 15.3. The van der Waals surface area contributed by atoms with E-state index in [1.165, 1.54) is 7.11 Å². The molecule has 0 saturated carbocycles. The van der Waals surface area contributed by atoms with E-state index in [0.717, 1.165) is 5.69 Å². The molecule has 0 aliphatic carbocycles. The summed E-state index contributed by atoms with van der Waals surface area (Å²) in [5.74, 6) is -0.442. The van der Waals surface area contributed by atoms with Crippen molar-refractivity contribution in [2.75, 3.05) is 25.6 Å². The molecule has 0 aliphatic heterocycles. The van der Waals surface area contributed by atoms with Crippen LogP contribution < -0.4 is 5.32 Å². The molecule has 0 atom stereocenters. The van der Waals surface area contributed by atoms with Crippen LogP contribution in [-0.2, 0) is 9.47 Å². The number of rotatable bonds is 6. The van der Waals surface area contributed by atoms with Crippen LogP contribution in [0.4, 0.5) is 5.69 Å². The maximum atomic E-state index is 11.3. The number of methoxy groups -OCH3 is 1. The first kappa shape index (κ1) is 14.4. The van der Waals surface area contributed by atoms with Crippen LogP contribution in [-0.4, -0.2) is 36.8 Å². The van der Waals surface area contributed by atoms with Gasteiger partial charge in [-0.15, -0.1) is 0 Å². The average molecular weight is 252 g/mol. The quantitative estimate of drug-likeness (QED) is 0.786. The highest BCUT2D eigenvalue weighted by Gasteiger charge is 2.17. The number of hydrogen-bond acceptors (Lipinski definition) is 5. The number of esters is 1. The molecule has 18 heavy (non-hydrogen) atoms. The van der Waals surface area contributed by atoms with Crippen molar-refractivity contribution >= 4 is 11.7 Å². The van der Waals surface area contributed by atoms with Crippen LogP contribution in [0.5, 0.6) is 0 Å². The van der Waals surface area contributed by atoms with Gasteiger partial charge in [-0.2, -0.15) is 0 Å². The normalized spacial score (nSPS) is 11.1. The summed E-state index contributed by atoms with van der Waals surface area (Å²) in [5.41, 5.74) is 0.846. The Kier molecular flexibility index (Phi) is 5.09. The van der Waals surface area contributed by atoms with E-state index >= 15 is 0 Å². The molecule has 1 N–H and O–H groups in total. The van der Waals surface area contributed by atoms with E-state index in [9.17, 15) is 4.79 Å². The lowest BCUT2D eigenvalue weighted by atomic mass is 10.1. The highest BCUT2D eigenvalue weighted by atomic mass is 16.5. The molecule has 0 amide bonds. The third-order valence-corrected chi connectivity index (χ3v) is 2.41. The van der Waals surface area contributed by atoms with E-state index < -0.39 is 5.97 Å². The number of hydrogen-bond donors (Lipinski definition) is 1. The molecule has 0 spiro atoms. The molecule has 0 radical (unpaired) electrons. The fourth-order valence-corrected chi connectivity index (χ4v) is 1.51. The predicted molar refractivity (Wildman–Crippen MR) is 69.8 cm³/mol. The molecule has 1 heterocycles. The maximum Gasteiger partial charge on any atom is 0.356 e. The minimum atomic E-state index is -0.442. The van der Waals surface area contributed by atoms with Gasteiger partial charge in [0.25, 0.3) is 0 Å². The average Bonchev–Trinajstić information content (AvgIpc) is 2.36. The lowest BCUT2D eigenvalue weighted by Crippen LogP contribution is -2.33. The van der Waals surface area contributed by atoms with E-state index in [1.807, 2.05) is 20.8 Å². The SMILES string of the molecule is CCOC(C)(C)CNc1ccnc(C(=O)OC)c1. The van der Waals surface area contributed by atoms with E-state index in [0.29, 0.717) is 13.2 Å². The first-order valence-corrected chi connectivity index (χ1v) is 5.90. The van der Waals surface area contributed by atoms with Crippen molar-refractivity contribution in [3.05, 3.63) is 24.0 Å². The summed E-state index contributed by atoms with van der Waals surface area (Å²) < 4.78 is 10.2.